The van der Waals surface area contributed by atoms with Crippen LogP contribution in [-0.4, -0.2) is 21.3 Å². The second-order valence-electron chi connectivity index (χ2n) is 3.41. The van der Waals surface area contributed by atoms with Gasteiger partial charge in [-0.3, -0.25) is 37.9 Å². The summed E-state index contributed by atoms with van der Waals surface area (Å²) in [6.07, 6.45) is 5.34. The Labute approximate surface area is 160 Å². The molecular formula is C6H16N6O3P2S6. The van der Waals surface area contributed by atoms with Crippen LogP contribution in [0.3, 0.4) is 0 Å². The summed E-state index contributed by atoms with van der Waals surface area (Å²) < 4.78 is 31.6. The van der Waals surface area contributed by atoms with Crippen molar-refractivity contribution >= 4 is 81.8 Å². The number of nitrogens with zero attached hydrogens (tertiary/aromatic N) is 2. The molecule has 1 fully saturated rings. The molecule has 134 valence electrons. The molecule has 9 nitrogen and oxygen atoms in total. The van der Waals surface area contributed by atoms with Crippen molar-refractivity contribution in [1.82, 2.24) is 8.15 Å². The summed E-state index contributed by atoms with van der Waals surface area (Å²) in [4.78, 5) is 0. The number of hydrogen-bond donors (Lipinski definition) is 4. The number of allylic oxidation sites excluding steroid dienone is 2. The van der Waals surface area contributed by atoms with Gasteiger partial charge in [0.15, 0.2) is 0 Å². The second kappa shape index (κ2) is 11.3. The van der Waals surface area contributed by atoms with E-state index in [0.717, 1.165) is 58.5 Å². The summed E-state index contributed by atoms with van der Waals surface area (Å²) >= 11 is 5.55. The molecule has 0 amide bonds. The first-order valence-electron chi connectivity index (χ1n) is 5.57. The highest BCUT2D eigenvalue weighted by Gasteiger charge is 2.34. The molecule has 0 aromatic heterocycles. The predicted molar refractivity (Wildman–Crippen MR) is 110 cm³/mol. The summed E-state index contributed by atoms with van der Waals surface area (Å²) in [5.74, 6) is 0. The van der Waals surface area contributed by atoms with Crippen molar-refractivity contribution in [2.75, 3.05) is 13.2 Å². The predicted octanol–water partition coefficient (Wildman–Crippen LogP) is 3.50. The Morgan fingerprint density at radius 3 is 2.00 bits per heavy atom. The zero-order chi connectivity index (χ0) is 17.3. The third-order valence-corrected chi connectivity index (χ3v) is 17.4. The van der Waals surface area contributed by atoms with E-state index in [1.807, 2.05) is 11.5 Å². The minimum Gasteiger partial charge on any atom is -0.299 e. The first-order valence-corrected chi connectivity index (χ1v) is 16.4. The zero-order valence-electron chi connectivity index (χ0n) is 11.5. The Balaban J connectivity index is 0.000000231. The van der Waals surface area contributed by atoms with E-state index in [-0.39, 0.29) is 0 Å². The van der Waals surface area contributed by atoms with Crippen molar-refractivity contribution in [1.29, 1.82) is 0 Å². The lowest BCUT2D eigenvalue weighted by atomic mass is 10.6. The second-order valence-corrected chi connectivity index (χ2v) is 19.1. The molecule has 1 saturated heterocycles. The third-order valence-electron chi connectivity index (χ3n) is 2.12. The maximum absolute atomic E-state index is 11.8. The summed E-state index contributed by atoms with van der Waals surface area (Å²) in [5, 5.41) is 22.9. The van der Waals surface area contributed by atoms with Gasteiger partial charge in [0.1, 0.15) is 0 Å². The molecule has 2 heterocycles. The van der Waals surface area contributed by atoms with Crippen molar-refractivity contribution in [3.8, 4) is 0 Å². The normalized spacial score (nSPS) is 18.9. The standard InChI is InChI=1S/C4H8N3OPS3.C2H8N3O2PS3/c5-11-9(8,12-6)7-3-1-2-4-10-7;3-9-8(6,10-4)5-1-2-7-11-5/h1-4H,5-6H2;1-4H2. The van der Waals surface area contributed by atoms with E-state index in [9.17, 15) is 9.13 Å². The Morgan fingerprint density at radius 2 is 1.61 bits per heavy atom. The number of nitrogens with two attached hydrogens (primary N) is 4. The maximum atomic E-state index is 11.8. The highest BCUT2D eigenvalue weighted by atomic mass is 33.1. The minimum atomic E-state index is -2.71. The molecule has 8 N–H and O–H groups in total. The smallest absolute Gasteiger partial charge is 0.299 e. The average molecular weight is 475 g/mol. The van der Waals surface area contributed by atoms with Crippen molar-refractivity contribution < 1.29 is 13.3 Å². The molecule has 2 aliphatic rings. The van der Waals surface area contributed by atoms with Gasteiger partial charge in [-0.2, -0.15) is 4.08 Å². The first kappa shape index (κ1) is 22.6. The number of hydrogen-bond acceptors (Lipinski definition) is 13. The van der Waals surface area contributed by atoms with E-state index >= 15 is 0 Å². The molecule has 2 aliphatic heterocycles. The van der Waals surface area contributed by atoms with Gasteiger partial charge >= 0.3 is 5.70 Å². The average Bonchev–Trinajstić information content (AvgIpc) is 3.17. The van der Waals surface area contributed by atoms with E-state index < -0.39 is 11.4 Å². The molecule has 0 atom stereocenters. The lowest BCUT2D eigenvalue weighted by Gasteiger charge is -2.24. The van der Waals surface area contributed by atoms with E-state index in [0.29, 0.717) is 13.2 Å². The van der Waals surface area contributed by atoms with Crippen LogP contribution in [0.15, 0.2) is 23.8 Å². The van der Waals surface area contributed by atoms with Crippen LogP contribution in [0.1, 0.15) is 0 Å². The van der Waals surface area contributed by atoms with E-state index in [4.69, 9.17) is 24.7 Å². The molecule has 0 aromatic rings. The van der Waals surface area contributed by atoms with Gasteiger partial charge in [0.25, 0.3) is 5.70 Å². The van der Waals surface area contributed by atoms with Gasteiger partial charge in [-0.15, -0.1) is 0 Å². The van der Waals surface area contributed by atoms with E-state index in [1.165, 1.54) is 11.9 Å². The van der Waals surface area contributed by atoms with Crippen LogP contribution in [0, 0.1) is 0 Å². The van der Waals surface area contributed by atoms with Crippen LogP contribution in [0.2, 0.25) is 0 Å². The first-order chi connectivity index (χ1) is 11.0. The summed E-state index contributed by atoms with van der Waals surface area (Å²) in [5.41, 5.74) is -5.38. The van der Waals surface area contributed by atoms with Crippen molar-refractivity contribution in [2.45, 2.75) is 0 Å². The SMILES string of the molecule is NSP(=O)(SN)N1C=CC=CS1.NSP(=O)(SN)N1CCOS1. The monoisotopic (exact) mass is 474 g/mol. The van der Waals surface area contributed by atoms with E-state index in [1.54, 1.807) is 20.4 Å². The third kappa shape index (κ3) is 6.68. The van der Waals surface area contributed by atoms with Gasteiger partial charge < -0.3 is 0 Å². The Kier molecular flexibility index (Phi) is 11.2. The van der Waals surface area contributed by atoms with E-state index in [2.05, 4.69) is 0 Å². The van der Waals surface area contributed by atoms with Crippen molar-refractivity contribution in [2.24, 2.45) is 20.6 Å². The molecular weight excluding hydrogens is 458 g/mol. The van der Waals surface area contributed by atoms with Crippen LogP contribution in [0.5, 0.6) is 0 Å². The Morgan fingerprint density at radius 1 is 1.00 bits per heavy atom. The zero-order valence-corrected chi connectivity index (χ0v) is 18.2. The highest BCUT2D eigenvalue weighted by Crippen LogP contribution is 2.70. The summed E-state index contributed by atoms with van der Waals surface area (Å²) in [6, 6.07) is 0. The molecule has 0 aliphatic carbocycles. The van der Waals surface area contributed by atoms with Crippen LogP contribution in [-0.2, 0) is 13.3 Å². The van der Waals surface area contributed by atoms with Crippen LogP contribution < -0.4 is 20.6 Å². The summed E-state index contributed by atoms with van der Waals surface area (Å²) in [7, 11) is 0. The maximum Gasteiger partial charge on any atom is 0.318 e. The van der Waals surface area contributed by atoms with Gasteiger partial charge in [0, 0.05) is 59.0 Å². The van der Waals surface area contributed by atoms with Gasteiger partial charge in [-0.1, -0.05) is 6.08 Å². The van der Waals surface area contributed by atoms with Gasteiger partial charge in [0.2, 0.25) is 0 Å². The van der Waals surface area contributed by atoms with Gasteiger partial charge in [-0.25, -0.2) is 0 Å². The molecule has 0 saturated carbocycles. The molecule has 23 heavy (non-hydrogen) atoms. The summed E-state index contributed by atoms with van der Waals surface area (Å²) in [6.45, 7) is 1.17. The van der Waals surface area contributed by atoms with Crippen LogP contribution in [0.25, 0.3) is 0 Å². The fourth-order valence-electron chi connectivity index (χ4n) is 1.10. The van der Waals surface area contributed by atoms with Crippen molar-refractivity contribution in [3.05, 3.63) is 23.8 Å². The fraction of sp³-hybridized carbons (Fsp3) is 0.333. The Bertz CT molecular complexity index is 503. The number of rotatable bonds is 6. The van der Waals surface area contributed by atoms with Crippen molar-refractivity contribution in [3.63, 3.8) is 0 Å². The lowest BCUT2D eigenvalue weighted by molar-refractivity contribution is 0.411. The molecule has 17 heteroatoms. The molecule has 2 rings (SSSR count). The molecule has 0 spiro atoms. The largest absolute Gasteiger partial charge is 0.318 e. The highest BCUT2D eigenvalue weighted by molar-refractivity contribution is 8.90. The Hall–Kier alpha value is 1.60. The molecule has 0 unspecified atom stereocenters. The minimum absolute atomic E-state index is 0.565. The fourth-order valence-corrected chi connectivity index (χ4v) is 9.87. The lowest BCUT2D eigenvalue weighted by Crippen LogP contribution is -2.08. The van der Waals surface area contributed by atoms with Gasteiger partial charge in [0.05, 0.1) is 18.8 Å². The topological polar surface area (TPSA) is 154 Å². The van der Waals surface area contributed by atoms with Crippen LogP contribution in [0.4, 0.5) is 0 Å². The quantitative estimate of drug-likeness (QED) is 0.252. The van der Waals surface area contributed by atoms with Crippen LogP contribution >= 0.6 is 81.8 Å². The molecule has 0 bridgehead atoms. The molecule has 0 radical (unpaired) electrons. The molecule has 0 aromatic carbocycles. The van der Waals surface area contributed by atoms with Gasteiger partial charge in [-0.05, 0) is 23.4 Å².